The van der Waals surface area contributed by atoms with Crippen LogP contribution in [0.4, 0.5) is 34.6 Å². The molecular formula is C14H12F4N2O. The van der Waals surface area contributed by atoms with Gasteiger partial charge in [0, 0.05) is 6.07 Å². The third-order valence-corrected chi connectivity index (χ3v) is 2.74. The standard InChI is InChI=1S/C14H12F4N2O/c1-2-21-10-5-3-4-9(13(10)19)20-14-11(17)7(15)6-8(16)12(14)18/h3-6,20H,2,19H2,1H3. The second-order valence-electron chi connectivity index (χ2n) is 4.12. The van der Waals surface area contributed by atoms with Gasteiger partial charge in [-0.2, -0.15) is 0 Å². The molecule has 0 spiro atoms. The molecule has 0 saturated carbocycles. The lowest BCUT2D eigenvalue weighted by Crippen LogP contribution is -2.06. The summed E-state index contributed by atoms with van der Waals surface area (Å²) in [5.74, 6) is -5.78. The van der Waals surface area contributed by atoms with Gasteiger partial charge in [0.1, 0.15) is 11.4 Å². The zero-order valence-corrected chi connectivity index (χ0v) is 11.0. The normalized spacial score (nSPS) is 10.5. The highest BCUT2D eigenvalue weighted by atomic mass is 19.2. The highest BCUT2D eigenvalue weighted by Crippen LogP contribution is 2.34. The van der Waals surface area contributed by atoms with Crippen LogP contribution >= 0.6 is 0 Å². The summed E-state index contributed by atoms with van der Waals surface area (Å²) in [6.07, 6.45) is 0. The Morgan fingerprint density at radius 3 is 2.29 bits per heavy atom. The van der Waals surface area contributed by atoms with E-state index in [4.69, 9.17) is 10.5 Å². The molecule has 3 N–H and O–H groups in total. The van der Waals surface area contributed by atoms with Crippen molar-refractivity contribution in [2.24, 2.45) is 0 Å². The Kier molecular flexibility index (Phi) is 4.21. The predicted octanol–water partition coefficient (Wildman–Crippen LogP) is 3.97. The van der Waals surface area contributed by atoms with Crippen molar-refractivity contribution in [3.63, 3.8) is 0 Å². The number of para-hydroxylation sites is 1. The molecule has 0 fully saturated rings. The van der Waals surface area contributed by atoms with Crippen LogP contribution < -0.4 is 15.8 Å². The van der Waals surface area contributed by atoms with E-state index in [9.17, 15) is 17.6 Å². The largest absolute Gasteiger partial charge is 0.492 e. The van der Waals surface area contributed by atoms with E-state index in [-0.39, 0.29) is 17.4 Å². The van der Waals surface area contributed by atoms with Gasteiger partial charge in [-0.3, -0.25) is 0 Å². The lowest BCUT2D eigenvalue weighted by Gasteiger charge is -2.14. The Morgan fingerprint density at radius 1 is 1.10 bits per heavy atom. The topological polar surface area (TPSA) is 47.3 Å². The van der Waals surface area contributed by atoms with Crippen LogP contribution in [0.25, 0.3) is 0 Å². The first-order valence-electron chi connectivity index (χ1n) is 6.07. The van der Waals surface area contributed by atoms with Crippen molar-refractivity contribution in [1.82, 2.24) is 0 Å². The fourth-order valence-electron chi connectivity index (χ4n) is 1.75. The zero-order valence-electron chi connectivity index (χ0n) is 11.0. The lowest BCUT2D eigenvalue weighted by molar-refractivity contribution is 0.342. The van der Waals surface area contributed by atoms with E-state index >= 15 is 0 Å². The van der Waals surface area contributed by atoms with Crippen LogP contribution in [0.3, 0.4) is 0 Å². The molecule has 3 nitrogen and oxygen atoms in total. The van der Waals surface area contributed by atoms with Crippen LogP contribution in [0.1, 0.15) is 6.92 Å². The number of halogens is 4. The van der Waals surface area contributed by atoms with Gasteiger partial charge in [-0.25, -0.2) is 17.6 Å². The maximum atomic E-state index is 13.6. The van der Waals surface area contributed by atoms with Gasteiger partial charge < -0.3 is 15.8 Å². The van der Waals surface area contributed by atoms with E-state index < -0.39 is 29.0 Å². The average molecular weight is 300 g/mol. The second kappa shape index (κ2) is 5.90. The number of ether oxygens (including phenoxy) is 1. The van der Waals surface area contributed by atoms with Crippen molar-refractivity contribution in [2.75, 3.05) is 17.7 Å². The fraction of sp³-hybridized carbons (Fsp3) is 0.143. The SMILES string of the molecule is CCOc1cccc(Nc2c(F)c(F)cc(F)c2F)c1N. The summed E-state index contributed by atoms with van der Waals surface area (Å²) in [5.41, 5.74) is 4.97. The zero-order chi connectivity index (χ0) is 15.6. The minimum Gasteiger partial charge on any atom is -0.492 e. The van der Waals surface area contributed by atoms with E-state index in [0.29, 0.717) is 12.4 Å². The van der Waals surface area contributed by atoms with Gasteiger partial charge in [0.15, 0.2) is 23.3 Å². The van der Waals surface area contributed by atoms with Crippen molar-refractivity contribution in [3.05, 3.63) is 47.5 Å². The summed E-state index contributed by atoms with van der Waals surface area (Å²) < 4.78 is 58.7. The summed E-state index contributed by atoms with van der Waals surface area (Å²) in [5, 5.41) is 2.25. The van der Waals surface area contributed by atoms with Crippen molar-refractivity contribution < 1.29 is 22.3 Å². The van der Waals surface area contributed by atoms with Crippen molar-refractivity contribution in [1.29, 1.82) is 0 Å². The van der Waals surface area contributed by atoms with Crippen LogP contribution in [0.15, 0.2) is 24.3 Å². The maximum absolute atomic E-state index is 13.6. The Balaban J connectivity index is 2.46. The molecule has 2 aromatic rings. The number of hydrogen-bond acceptors (Lipinski definition) is 3. The van der Waals surface area contributed by atoms with Crippen LogP contribution in [-0.4, -0.2) is 6.61 Å². The molecule has 0 bridgehead atoms. The molecule has 0 aliphatic heterocycles. The first-order chi connectivity index (χ1) is 9.95. The Bertz CT molecular complexity index is 650. The van der Waals surface area contributed by atoms with Gasteiger partial charge in [-0.05, 0) is 19.1 Å². The monoisotopic (exact) mass is 300 g/mol. The summed E-state index contributed by atoms with van der Waals surface area (Å²) in [6.45, 7) is 2.08. The number of anilines is 3. The molecule has 0 aromatic heterocycles. The number of hydrogen-bond donors (Lipinski definition) is 2. The average Bonchev–Trinajstić information content (AvgIpc) is 2.45. The van der Waals surface area contributed by atoms with Gasteiger partial charge in [-0.1, -0.05) is 6.07 Å². The maximum Gasteiger partial charge on any atom is 0.185 e. The van der Waals surface area contributed by atoms with E-state index in [1.807, 2.05) is 0 Å². The highest BCUT2D eigenvalue weighted by molar-refractivity contribution is 5.77. The van der Waals surface area contributed by atoms with E-state index in [0.717, 1.165) is 0 Å². The predicted molar refractivity (Wildman–Crippen MR) is 71.6 cm³/mol. The third kappa shape index (κ3) is 2.86. The number of nitrogen functional groups attached to an aromatic ring is 1. The van der Waals surface area contributed by atoms with Gasteiger partial charge in [0.25, 0.3) is 0 Å². The Hall–Kier alpha value is -2.44. The van der Waals surface area contributed by atoms with Crippen LogP contribution in [0.2, 0.25) is 0 Å². The summed E-state index contributed by atoms with van der Waals surface area (Å²) >= 11 is 0. The van der Waals surface area contributed by atoms with Crippen LogP contribution in [0.5, 0.6) is 5.75 Å². The van der Waals surface area contributed by atoms with Crippen molar-refractivity contribution in [3.8, 4) is 5.75 Å². The van der Waals surface area contributed by atoms with Crippen LogP contribution in [-0.2, 0) is 0 Å². The highest BCUT2D eigenvalue weighted by Gasteiger charge is 2.20. The first kappa shape index (κ1) is 15.0. The summed E-state index contributed by atoms with van der Waals surface area (Å²) in [6, 6.07) is 4.62. The van der Waals surface area contributed by atoms with E-state index in [1.165, 1.54) is 12.1 Å². The molecule has 2 rings (SSSR count). The van der Waals surface area contributed by atoms with Gasteiger partial charge in [-0.15, -0.1) is 0 Å². The summed E-state index contributed by atoms with van der Waals surface area (Å²) in [4.78, 5) is 0. The number of nitrogens with two attached hydrogens (primary N) is 1. The lowest BCUT2D eigenvalue weighted by atomic mass is 10.2. The molecule has 21 heavy (non-hydrogen) atoms. The van der Waals surface area contributed by atoms with Crippen molar-refractivity contribution in [2.45, 2.75) is 6.92 Å². The first-order valence-corrected chi connectivity index (χ1v) is 6.07. The van der Waals surface area contributed by atoms with E-state index in [1.54, 1.807) is 13.0 Å². The van der Waals surface area contributed by atoms with Crippen molar-refractivity contribution >= 4 is 17.1 Å². The molecule has 0 heterocycles. The van der Waals surface area contributed by atoms with Gasteiger partial charge in [0.2, 0.25) is 0 Å². The fourth-order valence-corrected chi connectivity index (χ4v) is 1.75. The number of benzene rings is 2. The van der Waals surface area contributed by atoms with E-state index in [2.05, 4.69) is 5.32 Å². The molecule has 112 valence electrons. The Morgan fingerprint density at radius 2 is 1.71 bits per heavy atom. The van der Waals surface area contributed by atoms with Crippen LogP contribution in [0, 0.1) is 23.3 Å². The molecule has 0 saturated heterocycles. The third-order valence-electron chi connectivity index (χ3n) is 2.74. The van der Waals surface area contributed by atoms with Gasteiger partial charge in [0.05, 0.1) is 18.0 Å². The number of rotatable bonds is 4. The molecule has 0 radical (unpaired) electrons. The smallest absolute Gasteiger partial charge is 0.185 e. The minimum atomic E-state index is -1.53. The molecule has 2 aromatic carbocycles. The molecule has 0 atom stereocenters. The minimum absolute atomic E-state index is 0.0721. The molecular weight excluding hydrogens is 288 g/mol. The second-order valence-corrected chi connectivity index (χ2v) is 4.12. The quantitative estimate of drug-likeness (QED) is 0.510. The number of nitrogens with one attached hydrogen (secondary N) is 1. The molecule has 0 aliphatic carbocycles. The molecule has 0 amide bonds. The summed E-state index contributed by atoms with van der Waals surface area (Å²) in [7, 11) is 0. The molecule has 0 unspecified atom stereocenters. The Labute approximate surface area is 118 Å². The van der Waals surface area contributed by atoms with Gasteiger partial charge >= 0.3 is 0 Å². The molecule has 0 aliphatic rings. The molecule has 7 heteroatoms.